The van der Waals surface area contributed by atoms with Crippen LogP contribution in [-0.2, 0) is 0 Å². The zero-order valence-electron chi connectivity index (χ0n) is 8.67. The van der Waals surface area contributed by atoms with E-state index < -0.39 is 4.92 Å². The van der Waals surface area contributed by atoms with E-state index in [1.807, 2.05) is 0 Å². The Bertz CT molecular complexity index is 561. The van der Waals surface area contributed by atoms with Crippen molar-refractivity contribution in [1.82, 2.24) is 9.97 Å². The molecule has 6 nitrogen and oxygen atoms in total. The summed E-state index contributed by atoms with van der Waals surface area (Å²) in [6, 6.07) is 4.58. The molecule has 0 aliphatic heterocycles. The van der Waals surface area contributed by atoms with E-state index in [4.69, 9.17) is 16.3 Å². The molecule has 0 spiro atoms. The van der Waals surface area contributed by atoms with Gasteiger partial charge in [-0.1, -0.05) is 0 Å². The van der Waals surface area contributed by atoms with Crippen molar-refractivity contribution in [2.75, 3.05) is 12.5 Å². The number of rotatable bonds is 4. The second-order valence-electron chi connectivity index (χ2n) is 3.19. The van der Waals surface area contributed by atoms with E-state index >= 15 is 0 Å². The molecule has 17 heavy (non-hydrogen) atoms. The Morgan fingerprint density at radius 2 is 2.29 bits per heavy atom. The van der Waals surface area contributed by atoms with Crippen LogP contribution >= 0.6 is 11.6 Å². The fourth-order valence-electron chi connectivity index (χ4n) is 1.32. The van der Waals surface area contributed by atoms with Gasteiger partial charge in [-0.3, -0.25) is 10.1 Å². The van der Waals surface area contributed by atoms with Crippen LogP contribution in [0.5, 0.6) is 6.01 Å². The number of nitro groups is 1. The van der Waals surface area contributed by atoms with Crippen molar-refractivity contribution in [3.8, 4) is 6.01 Å². The van der Waals surface area contributed by atoms with Gasteiger partial charge in [0.15, 0.2) is 0 Å². The highest BCUT2D eigenvalue weighted by molar-refractivity contribution is 6.17. The lowest BCUT2D eigenvalue weighted by Gasteiger charge is -2.02. The minimum absolute atomic E-state index is 0.00975. The SMILES string of the molecule is O=[N+]([O-])c1ccc2nc(OCCCl)ncc2c1. The second-order valence-corrected chi connectivity index (χ2v) is 3.57. The molecule has 2 rings (SSSR count). The minimum Gasteiger partial charge on any atom is -0.462 e. The van der Waals surface area contributed by atoms with Crippen molar-refractivity contribution in [3.63, 3.8) is 0 Å². The third-order valence-corrected chi connectivity index (χ3v) is 2.21. The number of hydrogen-bond donors (Lipinski definition) is 0. The van der Waals surface area contributed by atoms with Gasteiger partial charge in [0.05, 0.1) is 16.3 Å². The monoisotopic (exact) mass is 253 g/mol. The molecule has 0 aliphatic carbocycles. The first-order chi connectivity index (χ1) is 8.20. The molecule has 0 radical (unpaired) electrons. The van der Waals surface area contributed by atoms with Crippen LogP contribution in [0.4, 0.5) is 5.69 Å². The maximum Gasteiger partial charge on any atom is 0.316 e. The molecule has 0 aliphatic rings. The molecule has 1 heterocycles. The molecule has 1 aromatic heterocycles. The van der Waals surface area contributed by atoms with Crippen LogP contribution in [0.2, 0.25) is 0 Å². The highest BCUT2D eigenvalue weighted by Crippen LogP contribution is 2.20. The van der Waals surface area contributed by atoms with E-state index in [0.717, 1.165) is 0 Å². The van der Waals surface area contributed by atoms with Gasteiger partial charge >= 0.3 is 6.01 Å². The molecule has 0 fully saturated rings. The van der Waals surface area contributed by atoms with E-state index in [2.05, 4.69) is 9.97 Å². The predicted octanol–water partition coefficient (Wildman–Crippen LogP) is 2.16. The number of non-ortho nitro benzene ring substituents is 1. The Kier molecular flexibility index (Phi) is 3.34. The van der Waals surface area contributed by atoms with E-state index in [1.54, 1.807) is 6.07 Å². The van der Waals surface area contributed by atoms with E-state index in [9.17, 15) is 10.1 Å². The second kappa shape index (κ2) is 4.92. The first kappa shape index (κ1) is 11.5. The molecule has 0 N–H and O–H groups in total. The molecule has 0 saturated heterocycles. The Hall–Kier alpha value is -1.95. The van der Waals surface area contributed by atoms with Gasteiger partial charge in [0, 0.05) is 23.7 Å². The zero-order valence-corrected chi connectivity index (χ0v) is 9.42. The Morgan fingerprint density at radius 3 is 3.00 bits per heavy atom. The van der Waals surface area contributed by atoms with Gasteiger partial charge in [0.25, 0.3) is 5.69 Å². The molecule has 7 heteroatoms. The van der Waals surface area contributed by atoms with Gasteiger partial charge in [0.2, 0.25) is 0 Å². The maximum atomic E-state index is 10.6. The average Bonchev–Trinajstić information content (AvgIpc) is 2.35. The highest BCUT2D eigenvalue weighted by atomic mass is 35.5. The molecule has 0 atom stereocenters. The van der Waals surface area contributed by atoms with E-state index in [0.29, 0.717) is 23.4 Å². The van der Waals surface area contributed by atoms with Crippen molar-refractivity contribution < 1.29 is 9.66 Å². The summed E-state index contributed by atoms with van der Waals surface area (Å²) >= 11 is 5.47. The number of benzene rings is 1. The van der Waals surface area contributed by atoms with Crippen LogP contribution in [-0.4, -0.2) is 27.4 Å². The van der Waals surface area contributed by atoms with Crippen LogP contribution in [0.15, 0.2) is 24.4 Å². The minimum atomic E-state index is -0.461. The summed E-state index contributed by atoms with van der Waals surface area (Å²) in [6.45, 7) is 0.319. The molecule has 0 bridgehead atoms. The predicted molar refractivity (Wildman–Crippen MR) is 62.4 cm³/mol. The van der Waals surface area contributed by atoms with Crippen molar-refractivity contribution in [3.05, 3.63) is 34.5 Å². The Morgan fingerprint density at radius 1 is 1.47 bits per heavy atom. The van der Waals surface area contributed by atoms with Crippen molar-refractivity contribution >= 4 is 28.2 Å². The van der Waals surface area contributed by atoms with E-state index in [1.165, 1.54) is 18.3 Å². The number of fused-ring (bicyclic) bond motifs is 1. The topological polar surface area (TPSA) is 78.2 Å². The number of nitro benzene ring substituents is 1. The number of aromatic nitrogens is 2. The van der Waals surface area contributed by atoms with Gasteiger partial charge in [0.1, 0.15) is 6.61 Å². The van der Waals surface area contributed by atoms with Gasteiger partial charge < -0.3 is 4.74 Å². The summed E-state index contributed by atoms with van der Waals surface area (Å²) in [7, 11) is 0. The van der Waals surface area contributed by atoms with Crippen molar-refractivity contribution in [1.29, 1.82) is 0 Å². The largest absolute Gasteiger partial charge is 0.462 e. The van der Waals surface area contributed by atoms with Crippen molar-refractivity contribution in [2.45, 2.75) is 0 Å². The molecule has 0 unspecified atom stereocenters. The quantitative estimate of drug-likeness (QED) is 0.474. The first-order valence-electron chi connectivity index (χ1n) is 4.80. The Balaban J connectivity index is 2.36. The summed E-state index contributed by atoms with van der Waals surface area (Å²) in [4.78, 5) is 18.1. The third-order valence-electron chi connectivity index (χ3n) is 2.06. The summed E-state index contributed by atoms with van der Waals surface area (Å²) in [6.07, 6.45) is 1.49. The lowest BCUT2D eigenvalue weighted by Crippen LogP contribution is -2.01. The van der Waals surface area contributed by atoms with Crippen LogP contribution in [0.3, 0.4) is 0 Å². The van der Waals surface area contributed by atoms with Gasteiger partial charge in [-0.25, -0.2) is 4.98 Å². The van der Waals surface area contributed by atoms with E-state index in [-0.39, 0.29) is 11.7 Å². The smallest absolute Gasteiger partial charge is 0.316 e. The number of nitrogens with zero attached hydrogens (tertiary/aromatic N) is 3. The standard InChI is InChI=1S/C10H8ClN3O3/c11-3-4-17-10-12-6-7-5-8(14(15)16)1-2-9(7)13-10/h1-2,5-6H,3-4H2. The summed E-state index contributed by atoms with van der Waals surface area (Å²) in [5, 5.41) is 11.2. The number of halogens is 1. The maximum absolute atomic E-state index is 10.6. The molecule has 0 saturated carbocycles. The average molecular weight is 254 g/mol. The number of ether oxygens (including phenoxy) is 1. The van der Waals surface area contributed by atoms with Crippen LogP contribution in [0, 0.1) is 10.1 Å². The molecule has 1 aromatic carbocycles. The molecule has 88 valence electrons. The molecule has 2 aromatic rings. The summed E-state index contributed by atoms with van der Waals surface area (Å²) in [5.41, 5.74) is 0.602. The Labute approximate surface area is 101 Å². The molecule has 0 amide bonds. The highest BCUT2D eigenvalue weighted by Gasteiger charge is 2.08. The van der Waals surface area contributed by atoms with Crippen LogP contribution < -0.4 is 4.74 Å². The van der Waals surface area contributed by atoms with Gasteiger partial charge in [-0.2, -0.15) is 4.98 Å². The van der Waals surface area contributed by atoms with Gasteiger partial charge in [-0.15, -0.1) is 11.6 Å². The number of alkyl halides is 1. The fourth-order valence-corrected chi connectivity index (χ4v) is 1.39. The lowest BCUT2D eigenvalue weighted by molar-refractivity contribution is -0.384. The summed E-state index contributed by atoms with van der Waals surface area (Å²) < 4.78 is 5.15. The normalized spacial score (nSPS) is 10.4. The van der Waals surface area contributed by atoms with Crippen LogP contribution in [0.1, 0.15) is 0 Å². The summed E-state index contributed by atoms with van der Waals surface area (Å²) in [5.74, 6) is 0.349. The zero-order chi connectivity index (χ0) is 12.3. The fraction of sp³-hybridized carbons (Fsp3) is 0.200. The van der Waals surface area contributed by atoms with Gasteiger partial charge in [-0.05, 0) is 6.07 Å². The molecular formula is C10H8ClN3O3. The van der Waals surface area contributed by atoms with Crippen LogP contribution in [0.25, 0.3) is 10.9 Å². The third kappa shape index (κ3) is 2.59. The van der Waals surface area contributed by atoms with Crippen molar-refractivity contribution in [2.24, 2.45) is 0 Å². The first-order valence-corrected chi connectivity index (χ1v) is 5.34. The molecular weight excluding hydrogens is 246 g/mol. The number of hydrogen-bond acceptors (Lipinski definition) is 5. The lowest BCUT2D eigenvalue weighted by atomic mass is 10.2.